The summed E-state index contributed by atoms with van der Waals surface area (Å²) in [7, 11) is 0. The first kappa shape index (κ1) is 16.4. The number of rotatable bonds is 10. The highest BCUT2D eigenvalue weighted by atomic mass is 16.2. The SMILES string of the molecule is CCCC(N)C(=O)NCCCCCCC(C)C. The average Bonchev–Trinajstić information content (AvgIpc) is 2.27. The summed E-state index contributed by atoms with van der Waals surface area (Å²) >= 11 is 0. The first-order valence-electron chi connectivity index (χ1n) is 7.11. The maximum Gasteiger partial charge on any atom is 0.236 e. The van der Waals surface area contributed by atoms with Gasteiger partial charge in [0.05, 0.1) is 6.04 Å². The Hall–Kier alpha value is -0.570. The van der Waals surface area contributed by atoms with Gasteiger partial charge in [0.15, 0.2) is 0 Å². The third-order valence-corrected chi connectivity index (χ3v) is 2.94. The van der Waals surface area contributed by atoms with Crippen LogP contribution in [0.2, 0.25) is 0 Å². The molecule has 0 aromatic heterocycles. The smallest absolute Gasteiger partial charge is 0.236 e. The Labute approximate surface area is 107 Å². The van der Waals surface area contributed by atoms with Gasteiger partial charge in [0, 0.05) is 6.54 Å². The van der Waals surface area contributed by atoms with Crippen LogP contribution in [-0.4, -0.2) is 18.5 Å². The van der Waals surface area contributed by atoms with E-state index in [9.17, 15) is 4.79 Å². The van der Waals surface area contributed by atoms with E-state index in [1.807, 2.05) is 6.92 Å². The summed E-state index contributed by atoms with van der Waals surface area (Å²) < 4.78 is 0. The minimum Gasteiger partial charge on any atom is -0.355 e. The molecule has 0 rings (SSSR count). The molecule has 17 heavy (non-hydrogen) atoms. The molecule has 3 heteroatoms. The van der Waals surface area contributed by atoms with Gasteiger partial charge in [0.2, 0.25) is 5.91 Å². The van der Waals surface area contributed by atoms with Crippen LogP contribution in [0.15, 0.2) is 0 Å². The molecule has 0 saturated heterocycles. The Morgan fingerprint density at radius 3 is 2.35 bits per heavy atom. The molecule has 1 unspecified atom stereocenters. The first-order chi connectivity index (χ1) is 8.07. The second-order valence-electron chi connectivity index (χ2n) is 5.28. The number of nitrogens with two attached hydrogens (primary N) is 1. The van der Waals surface area contributed by atoms with Gasteiger partial charge in [-0.05, 0) is 18.8 Å². The van der Waals surface area contributed by atoms with Crippen LogP contribution in [0.1, 0.15) is 65.7 Å². The van der Waals surface area contributed by atoms with Gasteiger partial charge in [-0.25, -0.2) is 0 Å². The fourth-order valence-corrected chi connectivity index (χ4v) is 1.82. The van der Waals surface area contributed by atoms with Crippen molar-refractivity contribution in [3.05, 3.63) is 0 Å². The van der Waals surface area contributed by atoms with Crippen molar-refractivity contribution >= 4 is 5.91 Å². The average molecular weight is 242 g/mol. The number of nitrogens with one attached hydrogen (secondary N) is 1. The lowest BCUT2D eigenvalue weighted by molar-refractivity contribution is -0.122. The second-order valence-corrected chi connectivity index (χ2v) is 5.28. The molecule has 102 valence electrons. The van der Waals surface area contributed by atoms with E-state index in [1.165, 1.54) is 25.7 Å². The van der Waals surface area contributed by atoms with E-state index >= 15 is 0 Å². The van der Waals surface area contributed by atoms with Gasteiger partial charge >= 0.3 is 0 Å². The van der Waals surface area contributed by atoms with Gasteiger partial charge in [0.1, 0.15) is 0 Å². The van der Waals surface area contributed by atoms with Crippen molar-refractivity contribution in [3.63, 3.8) is 0 Å². The Kier molecular flexibility index (Phi) is 10.2. The monoisotopic (exact) mass is 242 g/mol. The minimum absolute atomic E-state index is 0.00836. The summed E-state index contributed by atoms with van der Waals surface area (Å²) in [4.78, 5) is 11.5. The highest BCUT2D eigenvalue weighted by Crippen LogP contribution is 2.08. The zero-order valence-corrected chi connectivity index (χ0v) is 11.8. The van der Waals surface area contributed by atoms with Crippen molar-refractivity contribution in [2.24, 2.45) is 11.7 Å². The van der Waals surface area contributed by atoms with E-state index in [4.69, 9.17) is 5.73 Å². The molecule has 0 aromatic rings. The van der Waals surface area contributed by atoms with Crippen LogP contribution in [0.5, 0.6) is 0 Å². The van der Waals surface area contributed by atoms with Crippen LogP contribution < -0.4 is 11.1 Å². The zero-order valence-electron chi connectivity index (χ0n) is 11.8. The maximum absolute atomic E-state index is 11.5. The van der Waals surface area contributed by atoms with Crippen molar-refractivity contribution in [2.45, 2.75) is 71.8 Å². The molecule has 0 fully saturated rings. The summed E-state index contributed by atoms with van der Waals surface area (Å²) in [5.41, 5.74) is 5.71. The quantitative estimate of drug-likeness (QED) is 0.579. The lowest BCUT2D eigenvalue weighted by Gasteiger charge is -2.11. The van der Waals surface area contributed by atoms with Gasteiger partial charge in [-0.1, -0.05) is 52.9 Å². The standard InChI is InChI=1S/C14H30N2O/c1-4-9-13(15)14(17)16-11-8-6-5-7-10-12(2)3/h12-13H,4-11,15H2,1-3H3,(H,16,17). The van der Waals surface area contributed by atoms with Gasteiger partial charge in [-0.15, -0.1) is 0 Å². The molecule has 3 nitrogen and oxygen atoms in total. The topological polar surface area (TPSA) is 55.1 Å². The van der Waals surface area contributed by atoms with Crippen molar-refractivity contribution < 1.29 is 4.79 Å². The summed E-state index contributed by atoms with van der Waals surface area (Å²) in [6.07, 6.45) is 7.91. The van der Waals surface area contributed by atoms with Crippen LogP contribution in [0.25, 0.3) is 0 Å². The molecule has 0 radical (unpaired) electrons. The third kappa shape index (κ3) is 10.3. The van der Waals surface area contributed by atoms with Crippen LogP contribution in [0, 0.1) is 5.92 Å². The highest BCUT2D eigenvalue weighted by molar-refractivity contribution is 5.81. The molecule has 0 aliphatic carbocycles. The summed E-state index contributed by atoms with van der Waals surface area (Å²) in [6.45, 7) is 7.34. The van der Waals surface area contributed by atoms with Gasteiger partial charge in [-0.2, -0.15) is 0 Å². The molecule has 3 N–H and O–H groups in total. The van der Waals surface area contributed by atoms with E-state index in [-0.39, 0.29) is 11.9 Å². The molecule has 0 aliphatic heterocycles. The lowest BCUT2D eigenvalue weighted by atomic mass is 10.0. The largest absolute Gasteiger partial charge is 0.355 e. The van der Waals surface area contributed by atoms with Crippen molar-refractivity contribution in [1.29, 1.82) is 0 Å². The van der Waals surface area contributed by atoms with E-state index in [0.717, 1.165) is 31.7 Å². The number of amides is 1. The van der Waals surface area contributed by atoms with Crippen LogP contribution in [0.4, 0.5) is 0 Å². The molecular weight excluding hydrogens is 212 g/mol. The van der Waals surface area contributed by atoms with Crippen LogP contribution in [0.3, 0.4) is 0 Å². The maximum atomic E-state index is 11.5. The molecule has 0 heterocycles. The van der Waals surface area contributed by atoms with E-state index in [0.29, 0.717) is 0 Å². The van der Waals surface area contributed by atoms with Crippen molar-refractivity contribution in [3.8, 4) is 0 Å². The zero-order chi connectivity index (χ0) is 13.1. The third-order valence-electron chi connectivity index (χ3n) is 2.94. The summed E-state index contributed by atoms with van der Waals surface area (Å²) in [6, 6.07) is -0.319. The summed E-state index contributed by atoms with van der Waals surface area (Å²) in [5, 5.41) is 2.90. The second kappa shape index (κ2) is 10.6. The molecule has 0 aliphatic rings. The number of hydrogen-bond acceptors (Lipinski definition) is 2. The Bertz CT molecular complexity index is 193. The van der Waals surface area contributed by atoms with Gasteiger partial charge < -0.3 is 11.1 Å². The number of unbranched alkanes of at least 4 members (excludes halogenated alkanes) is 3. The van der Waals surface area contributed by atoms with E-state index in [2.05, 4.69) is 19.2 Å². The van der Waals surface area contributed by atoms with Crippen LogP contribution >= 0.6 is 0 Å². The normalized spacial score (nSPS) is 12.8. The molecule has 0 bridgehead atoms. The predicted octanol–water partition coefficient (Wildman–Crippen LogP) is 2.84. The highest BCUT2D eigenvalue weighted by Gasteiger charge is 2.10. The van der Waals surface area contributed by atoms with Crippen molar-refractivity contribution in [2.75, 3.05) is 6.54 Å². The Morgan fingerprint density at radius 1 is 1.12 bits per heavy atom. The fourth-order valence-electron chi connectivity index (χ4n) is 1.82. The van der Waals surface area contributed by atoms with Gasteiger partial charge in [0.25, 0.3) is 0 Å². The van der Waals surface area contributed by atoms with Crippen LogP contribution in [-0.2, 0) is 4.79 Å². The minimum atomic E-state index is -0.319. The Balaban J connectivity index is 3.30. The predicted molar refractivity (Wildman–Crippen MR) is 73.8 cm³/mol. The van der Waals surface area contributed by atoms with E-state index in [1.54, 1.807) is 0 Å². The first-order valence-corrected chi connectivity index (χ1v) is 7.11. The summed E-state index contributed by atoms with van der Waals surface area (Å²) in [5.74, 6) is 0.816. The number of carbonyl (C=O) groups is 1. The van der Waals surface area contributed by atoms with Crippen molar-refractivity contribution in [1.82, 2.24) is 5.32 Å². The molecule has 1 amide bonds. The molecule has 0 aromatic carbocycles. The number of carbonyl (C=O) groups excluding carboxylic acids is 1. The molecule has 0 saturated carbocycles. The molecular formula is C14H30N2O. The molecule has 0 spiro atoms. The van der Waals surface area contributed by atoms with Gasteiger partial charge in [-0.3, -0.25) is 4.79 Å². The number of hydrogen-bond donors (Lipinski definition) is 2. The lowest BCUT2D eigenvalue weighted by Crippen LogP contribution is -2.40. The Morgan fingerprint density at radius 2 is 1.76 bits per heavy atom. The molecule has 1 atom stereocenters. The fraction of sp³-hybridized carbons (Fsp3) is 0.929. The van der Waals surface area contributed by atoms with E-state index < -0.39 is 0 Å².